The first-order chi connectivity index (χ1) is 8.34. The Balaban J connectivity index is 2.03. The fourth-order valence-corrected chi connectivity index (χ4v) is 2.41. The van der Waals surface area contributed by atoms with E-state index in [2.05, 4.69) is 27.7 Å². The second kappa shape index (κ2) is 4.72. The number of rotatable bonds is 3. The molecule has 0 atom stereocenters. The third-order valence-electron chi connectivity index (χ3n) is 3.49. The van der Waals surface area contributed by atoms with Crippen molar-refractivity contribution in [3.05, 3.63) is 23.0 Å². The maximum absolute atomic E-state index is 5.88. The van der Waals surface area contributed by atoms with Gasteiger partial charge in [-0.25, -0.2) is 0 Å². The predicted molar refractivity (Wildman–Crippen MR) is 76.0 cm³/mol. The smallest absolute Gasteiger partial charge is 0.487 e. The van der Waals surface area contributed by atoms with E-state index < -0.39 is 0 Å². The van der Waals surface area contributed by atoms with Gasteiger partial charge < -0.3 is 14.0 Å². The summed E-state index contributed by atoms with van der Waals surface area (Å²) in [6.45, 7) is 8.20. The molecule has 0 amide bonds. The lowest BCUT2D eigenvalue weighted by molar-refractivity contribution is 0.00578. The van der Waals surface area contributed by atoms with E-state index in [1.165, 1.54) is 0 Å². The van der Waals surface area contributed by atoms with Gasteiger partial charge in [-0.3, -0.25) is 0 Å². The van der Waals surface area contributed by atoms with Gasteiger partial charge >= 0.3 is 7.12 Å². The highest BCUT2D eigenvalue weighted by Crippen LogP contribution is 2.37. The lowest BCUT2D eigenvalue weighted by Crippen LogP contribution is -2.41. The van der Waals surface area contributed by atoms with E-state index in [4.69, 9.17) is 14.0 Å². The lowest BCUT2D eigenvalue weighted by atomic mass is 9.90. The molecule has 0 aliphatic carbocycles. The van der Waals surface area contributed by atoms with E-state index in [1.807, 2.05) is 24.2 Å². The normalized spacial score (nSPS) is 21.7. The van der Waals surface area contributed by atoms with Crippen LogP contribution in [0.2, 0.25) is 0 Å². The van der Waals surface area contributed by atoms with Crippen LogP contribution in [0.25, 0.3) is 6.08 Å². The highest BCUT2D eigenvalue weighted by molar-refractivity contribution is 7.14. The van der Waals surface area contributed by atoms with Crippen LogP contribution in [0.4, 0.5) is 0 Å². The fraction of sp³-hybridized carbons (Fsp3) is 0.538. The summed E-state index contributed by atoms with van der Waals surface area (Å²) in [5, 5.41) is 0.906. The summed E-state index contributed by atoms with van der Waals surface area (Å²) in [6.07, 6.45) is 2.01. The van der Waals surface area contributed by atoms with Gasteiger partial charge in [-0.1, -0.05) is 23.4 Å². The Morgan fingerprint density at radius 3 is 2.28 bits per heavy atom. The average molecular weight is 266 g/mol. The minimum absolute atomic E-state index is 0.283. The van der Waals surface area contributed by atoms with Crippen LogP contribution in [-0.4, -0.2) is 25.4 Å². The van der Waals surface area contributed by atoms with Crippen LogP contribution in [0.1, 0.15) is 32.6 Å². The molecule has 0 N–H and O–H groups in total. The molecule has 1 aromatic heterocycles. The summed E-state index contributed by atoms with van der Waals surface area (Å²) in [4.78, 5) is 1.13. The summed E-state index contributed by atoms with van der Waals surface area (Å²) >= 11 is 1.60. The molecule has 0 bridgehead atoms. The minimum Gasteiger partial charge on any atom is -0.487 e. The first-order valence-electron chi connectivity index (χ1n) is 6.02. The molecular formula is C13H19BO3S. The first kappa shape index (κ1) is 13.7. The van der Waals surface area contributed by atoms with Crippen molar-refractivity contribution in [1.82, 2.24) is 0 Å². The molecule has 1 saturated heterocycles. The zero-order valence-corrected chi connectivity index (χ0v) is 12.3. The van der Waals surface area contributed by atoms with E-state index in [0.29, 0.717) is 0 Å². The van der Waals surface area contributed by atoms with Crippen LogP contribution >= 0.6 is 11.3 Å². The van der Waals surface area contributed by atoms with E-state index in [-0.39, 0.29) is 18.3 Å². The zero-order chi connectivity index (χ0) is 13.4. The number of ether oxygens (including phenoxy) is 1. The van der Waals surface area contributed by atoms with Gasteiger partial charge in [0.05, 0.1) is 18.3 Å². The van der Waals surface area contributed by atoms with Crippen molar-refractivity contribution in [3.63, 3.8) is 0 Å². The largest absolute Gasteiger partial charge is 0.487 e. The number of hydrogen-bond donors (Lipinski definition) is 0. The number of hydrogen-bond acceptors (Lipinski definition) is 4. The van der Waals surface area contributed by atoms with Crippen molar-refractivity contribution in [3.8, 4) is 5.06 Å². The Bertz CT molecular complexity index is 435. The first-order valence-corrected chi connectivity index (χ1v) is 6.83. The second-order valence-electron chi connectivity index (χ2n) is 5.34. The zero-order valence-electron chi connectivity index (χ0n) is 11.5. The standard InChI is InChI=1S/C13H19BO3S/c1-12(2)13(3,4)17-14(16-12)9-8-10-6-7-11(15-5)18-10/h6-9H,1-5H3/b9-8+. The van der Waals surface area contributed by atoms with Crippen LogP contribution in [0.15, 0.2) is 18.1 Å². The van der Waals surface area contributed by atoms with E-state index in [1.54, 1.807) is 18.4 Å². The van der Waals surface area contributed by atoms with Crippen molar-refractivity contribution < 1.29 is 14.0 Å². The molecule has 0 saturated carbocycles. The molecule has 1 aromatic rings. The van der Waals surface area contributed by atoms with E-state index in [0.717, 1.165) is 9.94 Å². The quantitative estimate of drug-likeness (QED) is 0.785. The van der Waals surface area contributed by atoms with Gasteiger partial charge in [-0.15, -0.1) is 0 Å². The van der Waals surface area contributed by atoms with Crippen molar-refractivity contribution in [1.29, 1.82) is 0 Å². The van der Waals surface area contributed by atoms with Crippen molar-refractivity contribution in [2.24, 2.45) is 0 Å². The molecule has 0 unspecified atom stereocenters. The maximum Gasteiger partial charge on any atom is 0.487 e. The van der Waals surface area contributed by atoms with Crippen molar-refractivity contribution in [2.45, 2.75) is 38.9 Å². The Labute approximate surface area is 113 Å². The molecule has 5 heteroatoms. The van der Waals surface area contributed by atoms with E-state index in [9.17, 15) is 0 Å². The summed E-state index contributed by atoms with van der Waals surface area (Å²) in [6, 6.07) is 3.97. The minimum atomic E-state index is -0.289. The Morgan fingerprint density at radius 2 is 1.78 bits per heavy atom. The van der Waals surface area contributed by atoms with Crippen LogP contribution in [0.3, 0.4) is 0 Å². The Kier molecular flexibility index (Phi) is 3.58. The monoisotopic (exact) mass is 266 g/mol. The molecule has 3 nitrogen and oxygen atoms in total. The van der Waals surface area contributed by atoms with E-state index >= 15 is 0 Å². The summed E-state index contributed by atoms with van der Waals surface area (Å²) in [7, 11) is 1.39. The van der Waals surface area contributed by atoms with Gasteiger partial charge in [0.2, 0.25) is 0 Å². The third kappa shape index (κ3) is 2.63. The molecular weight excluding hydrogens is 247 g/mol. The second-order valence-corrected chi connectivity index (χ2v) is 6.42. The van der Waals surface area contributed by atoms with Gasteiger partial charge in [0.25, 0.3) is 0 Å². The topological polar surface area (TPSA) is 27.7 Å². The number of thiophene rings is 1. The van der Waals surface area contributed by atoms with Gasteiger partial charge in [-0.05, 0) is 39.8 Å². The fourth-order valence-electron chi connectivity index (χ4n) is 1.67. The molecule has 0 aromatic carbocycles. The molecule has 2 heterocycles. The van der Waals surface area contributed by atoms with Gasteiger partial charge in [0.1, 0.15) is 0 Å². The summed E-state index contributed by atoms with van der Waals surface area (Å²) in [5.41, 5.74) is -0.565. The number of methoxy groups -OCH3 is 1. The molecule has 1 aliphatic rings. The molecule has 2 rings (SSSR count). The SMILES string of the molecule is COc1ccc(/C=C/B2OC(C)(C)C(C)(C)O2)s1. The maximum atomic E-state index is 5.88. The summed E-state index contributed by atoms with van der Waals surface area (Å²) < 4.78 is 16.9. The summed E-state index contributed by atoms with van der Waals surface area (Å²) in [5.74, 6) is 1.95. The molecule has 1 aliphatic heterocycles. The van der Waals surface area contributed by atoms with Gasteiger partial charge in [0, 0.05) is 4.88 Å². The molecule has 18 heavy (non-hydrogen) atoms. The molecule has 1 fully saturated rings. The highest BCUT2D eigenvalue weighted by Gasteiger charge is 2.49. The van der Waals surface area contributed by atoms with Crippen LogP contribution in [-0.2, 0) is 9.31 Å². The van der Waals surface area contributed by atoms with Crippen LogP contribution in [0, 0.1) is 0 Å². The highest BCUT2D eigenvalue weighted by atomic mass is 32.1. The average Bonchev–Trinajstić information content (AvgIpc) is 2.79. The van der Waals surface area contributed by atoms with Crippen LogP contribution < -0.4 is 4.74 Å². The Morgan fingerprint density at radius 1 is 1.17 bits per heavy atom. The molecule has 0 radical (unpaired) electrons. The third-order valence-corrected chi connectivity index (χ3v) is 4.50. The van der Waals surface area contributed by atoms with Crippen LogP contribution in [0.5, 0.6) is 5.06 Å². The van der Waals surface area contributed by atoms with Gasteiger partial charge in [-0.2, -0.15) is 0 Å². The lowest BCUT2D eigenvalue weighted by Gasteiger charge is -2.32. The Hall–Kier alpha value is -0.775. The van der Waals surface area contributed by atoms with Gasteiger partial charge in [0.15, 0.2) is 5.06 Å². The molecule has 0 spiro atoms. The molecule has 98 valence electrons. The van der Waals surface area contributed by atoms with Crippen molar-refractivity contribution in [2.75, 3.05) is 7.11 Å². The van der Waals surface area contributed by atoms with Crippen molar-refractivity contribution >= 4 is 24.5 Å². The predicted octanol–water partition coefficient (Wildman–Crippen LogP) is 3.40.